The lowest BCUT2D eigenvalue weighted by molar-refractivity contribution is -0.136. The normalized spacial score (nSPS) is 10.2. The molecule has 0 aliphatic heterocycles. The molecule has 0 fully saturated rings. The first kappa shape index (κ1) is 10.2. The Morgan fingerprint density at radius 1 is 1.50 bits per heavy atom. The molecule has 5 nitrogen and oxygen atoms in total. The molecule has 0 saturated heterocycles. The molecule has 1 aromatic heterocycles. The van der Waals surface area contributed by atoms with E-state index in [1.807, 2.05) is 6.07 Å². The topological polar surface area (TPSA) is 89.3 Å². The van der Waals surface area contributed by atoms with Crippen LogP contribution in [0.1, 0.15) is 5.56 Å². The average molecular weight is 218 g/mol. The summed E-state index contributed by atoms with van der Waals surface area (Å²) in [5, 5.41) is 8.68. The van der Waals surface area contributed by atoms with E-state index in [0.717, 1.165) is 5.56 Å². The molecule has 0 aliphatic carbocycles. The third-order valence-electron chi connectivity index (χ3n) is 2.10. The molecule has 0 bridgehead atoms. The number of nitrogens with two attached hydrogens (primary N) is 1. The van der Waals surface area contributed by atoms with Crippen molar-refractivity contribution >= 4 is 12.0 Å². The van der Waals surface area contributed by atoms with Crippen LogP contribution < -0.4 is 5.73 Å². The van der Waals surface area contributed by atoms with Crippen LogP contribution >= 0.6 is 0 Å². The minimum atomic E-state index is -0.864. The number of carboxylic acids is 1. The number of aromatic nitrogens is 1. The molecule has 3 N–H and O–H groups in total. The molecule has 1 heterocycles. The van der Waals surface area contributed by atoms with E-state index in [0.29, 0.717) is 11.3 Å². The number of aliphatic carboxylic acids is 1. The number of anilines is 1. The first-order valence-corrected chi connectivity index (χ1v) is 4.67. The molecule has 5 heteroatoms. The number of hydrogen-bond acceptors (Lipinski definition) is 4. The van der Waals surface area contributed by atoms with E-state index in [4.69, 9.17) is 15.3 Å². The van der Waals surface area contributed by atoms with Crippen molar-refractivity contribution < 1.29 is 14.3 Å². The van der Waals surface area contributed by atoms with Crippen molar-refractivity contribution in [2.24, 2.45) is 0 Å². The summed E-state index contributed by atoms with van der Waals surface area (Å²) in [6.07, 6.45) is 1.43. The molecule has 0 atom stereocenters. The van der Waals surface area contributed by atoms with Crippen molar-refractivity contribution in [2.75, 3.05) is 5.73 Å². The standard InChI is InChI=1S/C11H10N2O3/c12-11-13-9(6-16-11)8-3-1-2-7(4-8)5-10(14)15/h1-4,6H,5H2,(H2,12,13)(H,14,15). The highest BCUT2D eigenvalue weighted by Gasteiger charge is 2.06. The average Bonchev–Trinajstić information content (AvgIpc) is 2.64. The zero-order chi connectivity index (χ0) is 11.5. The lowest BCUT2D eigenvalue weighted by Crippen LogP contribution is -1.99. The molecule has 0 saturated carbocycles. The number of oxazole rings is 1. The van der Waals surface area contributed by atoms with Gasteiger partial charge in [0.2, 0.25) is 0 Å². The maximum atomic E-state index is 10.6. The van der Waals surface area contributed by atoms with Gasteiger partial charge in [0, 0.05) is 5.56 Å². The van der Waals surface area contributed by atoms with Crippen LogP contribution in [0, 0.1) is 0 Å². The predicted molar refractivity (Wildman–Crippen MR) is 57.7 cm³/mol. The molecule has 0 aliphatic rings. The minimum Gasteiger partial charge on any atom is -0.481 e. The fourth-order valence-corrected chi connectivity index (χ4v) is 1.44. The van der Waals surface area contributed by atoms with Gasteiger partial charge in [0.15, 0.2) is 0 Å². The Labute approximate surface area is 91.5 Å². The molecular formula is C11H10N2O3. The minimum absolute atomic E-state index is 0.0127. The van der Waals surface area contributed by atoms with Gasteiger partial charge >= 0.3 is 5.97 Å². The molecule has 0 amide bonds. The summed E-state index contributed by atoms with van der Waals surface area (Å²) in [6, 6.07) is 7.20. The molecule has 0 radical (unpaired) electrons. The molecule has 82 valence electrons. The van der Waals surface area contributed by atoms with Crippen molar-refractivity contribution in [1.82, 2.24) is 4.98 Å². The number of nitrogen functional groups attached to an aromatic ring is 1. The zero-order valence-corrected chi connectivity index (χ0v) is 8.38. The highest BCUT2D eigenvalue weighted by Crippen LogP contribution is 2.20. The predicted octanol–water partition coefficient (Wildman–Crippen LogP) is 1.55. The quantitative estimate of drug-likeness (QED) is 0.815. The van der Waals surface area contributed by atoms with Gasteiger partial charge in [0.1, 0.15) is 12.0 Å². The highest BCUT2D eigenvalue weighted by atomic mass is 16.4. The first-order valence-electron chi connectivity index (χ1n) is 4.67. The molecule has 2 aromatic rings. The van der Waals surface area contributed by atoms with Gasteiger partial charge in [-0.05, 0) is 11.6 Å². The zero-order valence-electron chi connectivity index (χ0n) is 8.38. The maximum absolute atomic E-state index is 10.6. The highest BCUT2D eigenvalue weighted by molar-refractivity contribution is 5.71. The fourth-order valence-electron chi connectivity index (χ4n) is 1.44. The SMILES string of the molecule is Nc1nc(-c2cccc(CC(=O)O)c2)co1. The van der Waals surface area contributed by atoms with Crippen LogP contribution in [0.25, 0.3) is 11.3 Å². The smallest absolute Gasteiger partial charge is 0.307 e. The van der Waals surface area contributed by atoms with Gasteiger partial charge in [0.05, 0.1) is 6.42 Å². The van der Waals surface area contributed by atoms with Gasteiger partial charge in [-0.25, -0.2) is 0 Å². The Morgan fingerprint density at radius 3 is 2.94 bits per heavy atom. The number of carbonyl (C=O) groups is 1. The summed E-state index contributed by atoms with van der Waals surface area (Å²) in [7, 11) is 0. The lowest BCUT2D eigenvalue weighted by atomic mass is 10.1. The number of benzene rings is 1. The summed E-state index contributed by atoms with van der Waals surface area (Å²) < 4.78 is 4.89. The van der Waals surface area contributed by atoms with E-state index >= 15 is 0 Å². The monoisotopic (exact) mass is 218 g/mol. The molecular weight excluding hydrogens is 208 g/mol. The second-order valence-corrected chi connectivity index (χ2v) is 3.34. The van der Waals surface area contributed by atoms with E-state index in [2.05, 4.69) is 4.98 Å². The van der Waals surface area contributed by atoms with Crippen molar-refractivity contribution in [2.45, 2.75) is 6.42 Å². The third-order valence-corrected chi connectivity index (χ3v) is 2.10. The molecule has 0 spiro atoms. The second-order valence-electron chi connectivity index (χ2n) is 3.34. The number of carboxylic acid groups (broad SMARTS) is 1. The fraction of sp³-hybridized carbons (Fsp3) is 0.0909. The van der Waals surface area contributed by atoms with Gasteiger partial charge < -0.3 is 15.3 Å². The van der Waals surface area contributed by atoms with Gasteiger partial charge in [-0.1, -0.05) is 18.2 Å². The van der Waals surface area contributed by atoms with Crippen LogP contribution in [0.2, 0.25) is 0 Å². The van der Waals surface area contributed by atoms with Gasteiger partial charge in [-0.2, -0.15) is 4.98 Å². The number of hydrogen-bond donors (Lipinski definition) is 2. The van der Waals surface area contributed by atoms with Crippen molar-refractivity contribution in [1.29, 1.82) is 0 Å². The number of rotatable bonds is 3. The molecule has 1 aromatic carbocycles. The Hall–Kier alpha value is -2.30. The van der Waals surface area contributed by atoms with Crippen LogP contribution in [0.3, 0.4) is 0 Å². The van der Waals surface area contributed by atoms with Crippen LogP contribution in [0.15, 0.2) is 34.9 Å². The van der Waals surface area contributed by atoms with E-state index < -0.39 is 5.97 Å². The van der Waals surface area contributed by atoms with E-state index in [1.54, 1.807) is 18.2 Å². The van der Waals surface area contributed by atoms with E-state index in [1.165, 1.54) is 6.26 Å². The Balaban J connectivity index is 2.32. The van der Waals surface area contributed by atoms with Crippen LogP contribution in [0.4, 0.5) is 6.01 Å². The van der Waals surface area contributed by atoms with Crippen LogP contribution in [-0.4, -0.2) is 16.1 Å². The van der Waals surface area contributed by atoms with Crippen molar-refractivity contribution in [3.05, 3.63) is 36.1 Å². The molecule has 16 heavy (non-hydrogen) atoms. The Bertz CT molecular complexity index is 519. The summed E-state index contributed by atoms with van der Waals surface area (Å²) in [4.78, 5) is 14.5. The molecule has 2 rings (SSSR count). The summed E-state index contributed by atoms with van der Waals surface area (Å²) in [5.74, 6) is -0.864. The Kier molecular flexibility index (Phi) is 2.59. The number of nitrogens with zero attached hydrogens (tertiary/aromatic N) is 1. The summed E-state index contributed by atoms with van der Waals surface area (Å²) >= 11 is 0. The first-order chi connectivity index (χ1) is 7.65. The van der Waals surface area contributed by atoms with Gasteiger partial charge in [0.25, 0.3) is 6.01 Å². The summed E-state index contributed by atoms with van der Waals surface area (Å²) in [5.41, 5.74) is 7.47. The summed E-state index contributed by atoms with van der Waals surface area (Å²) in [6.45, 7) is 0. The van der Waals surface area contributed by atoms with Crippen molar-refractivity contribution in [3.63, 3.8) is 0 Å². The third kappa shape index (κ3) is 2.20. The second kappa shape index (κ2) is 4.06. The maximum Gasteiger partial charge on any atom is 0.307 e. The van der Waals surface area contributed by atoms with E-state index in [-0.39, 0.29) is 12.4 Å². The largest absolute Gasteiger partial charge is 0.481 e. The van der Waals surface area contributed by atoms with Crippen molar-refractivity contribution in [3.8, 4) is 11.3 Å². The van der Waals surface area contributed by atoms with Gasteiger partial charge in [-0.3, -0.25) is 4.79 Å². The van der Waals surface area contributed by atoms with Crippen LogP contribution in [-0.2, 0) is 11.2 Å². The van der Waals surface area contributed by atoms with E-state index in [9.17, 15) is 4.79 Å². The molecule has 0 unspecified atom stereocenters. The Morgan fingerprint density at radius 2 is 2.31 bits per heavy atom. The van der Waals surface area contributed by atoms with Crippen LogP contribution in [0.5, 0.6) is 0 Å². The van der Waals surface area contributed by atoms with Gasteiger partial charge in [-0.15, -0.1) is 0 Å². The lowest BCUT2D eigenvalue weighted by Gasteiger charge is -1.99.